The molecule has 2 heterocycles. The van der Waals surface area contributed by atoms with E-state index in [1.54, 1.807) is 52.2 Å². The average Bonchev–Trinajstić information content (AvgIpc) is 3.22. The lowest BCUT2D eigenvalue weighted by atomic mass is 10.3. The van der Waals surface area contributed by atoms with E-state index in [1.165, 1.54) is 4.31 Å². The van der Waals surface area contributed by atoms with Crippen LogP contribution in [0.4, 0.5) is 0 Å². The zero-order valence-electron chi connectivity index (χ0n) is 17.0. The zero-order valence-corrected chi connectivity index (χ0v) is 17.8. The molecule has 10 heteroatoms. The van der Waals surface area contributed by atoms with Gasteiger partial charge in [0.05, 0.1) is 4.90 Å². The van der Waals surface area contributed by atoms with Crippen molar-refractivity contribution < 1.29 is 18.0 Å². The molecule has 30 heavy (non-hydrogen) atoms. The minimum Gasteiger partial charge on any atom is -0.354 e. The molecule has 1 fully saturated rings. The van der Waals surface area contributed by atoms with Crippen molar-refractivity contribution in [1.82, 2.24) is 24.3 Å². The largest absolute Gasteiger partial charge is 0.354 e. The molecule has 0 spiro atoms. The quantitative estimate of drug-likeness (QED) is 0.773. The van der Waals surface area contributed by atoms with Crippen LogP contribution in [-0.4, -0.2) is 71.9 Å². The van der Waals surface area contributed by atoms with Gasteiger partial charge in [-0.3, -0.25) is 14.3 Å². The summed E-state index contributed by atoms with van der Waals surface area (Å²) in [7, 11) is -3.72. The van der Waals surface area contributed by atoms with Crippen molar-refractivity contribution in [1.29, 1.82) is 0 Å². The number of hydrogen-bond acceptors (Lipinski definition) is 5. The Bertz CT molecular complexity index is 974. The smallest absolute Gasteiger partial charge is 0.274 e. The summed E-state index contributed by atoms with van der Waals surface area (Å²) in [5, 5.41) is 7.02. The van der Waals surface area contributed by atoms with E-state index in [2.05, 4.69) is 10.4 Å². The highest BCUT2D eigenvalue weighted by Crippen LogP contribution is 2.16. The van der Waals surface area contributed by atoms with E-state index in [4.69, 9.17) is 0 Å². The topological polar surface area (TPSA) is 105 Å². The number of nitrogens with zero attached hydrogens (tertiary/aromatic N) is 4. The molecule has 2 amide bonds. The van der Waals surface area contributed by atoms with Crippen LogP contribution < -0.4 is 5.32 Å². The van der Waals surface area contributed by atoms with Gasteiger partial charge in [-0.25, -0.2) is 8.42 Å². The molecular weight excluding hydrogens is 406 g/mol. The number of hydrogen-bond donors (Lipinski definition) is 1. The molecule has 1 N–H and O–H groups in total. The van der Waals surface area contributed by atoms with Gasteiger partial charge < -0.3 is 10.2 Å². The van der Waals surface area contributed by atoms with E-state index in [-0.39, 0.29) is 36.2 Å². The van der Waals surface area contributed by atoms with E-state index in [9.17, 15) is 18.0 Å². The molecule has 0 atom stereocenters. The fourth-order valence-electron chi connectivity index (χ4n) is 3.31. The molecule has 1 aromatic carbocycles. The normalized spacial score (nSPS) is 17.2. The summed E-state index contributed by atoms with van der Waals surface area (Å²) < 4.78 is 29.0. The molecule has 0 bridgehead atoms. The van der Waals surface area contributed by atoms with E-state index in [0.29, 0.717) is 38.3 Å². The van der Waals surface area contributed by atoms with Gasteiger partial charge in [0.15, 0.2) is 0 Å². The van der Waals surface area contributed by atoms with Gasteiger partial charge in [0.1, 0.15) is 5.69 Å². The Morgan fingerprint density at radius 3 is 2.57 bits per heavy atom. The monoisotopic (exact) mass is 433 g/mol. The first-order valence-corrected chi connectivity index (χ1v) is 11.5. The standard InChI is InChI=1S/C20H27N5O4S/c1-2-24-14-9-18(22-24)20(27)23-12-6-13-25(15-10-19(26)21-11-16-23)30(28,29)17-7-4-3-5-8-17/h3-5,7-9,14H,2,6,10-13,15-16H2,1H3,(H,21,26). The van der Waals surface area contributed by atoms with Crippen molar-refractivity contribution >= 4 is 21.8 Å². The van der Waals surface area contributed by atoms with Crippen LogP contribution >= 0.6 is 0 Å². The Labute approximate surface area is 176 Å². The van der Waals surface area contributed by atoms with Crippen LogP contribution in [0.5, 0.6) is 0 Å². The fourth-order valence-corrected chi connectivity index (χ4v) is 4.81. The van der Waals surface area contributed by atoms with Gasteiger partial charge in [0.25, 0.3) is 5.91 Å². The summed E-state index contributed by atoms with van der Waals surface area (Å²) >= 11 is 0. The summed E-state index contributed by atoms with van der Waals surface area (Å²) in [6.07, 6.45) is 2.27. The molecule has 0 unspecified atom stereocenters. The molecule has 162 valence electrons. The molecule has 1 saturated heterocycles. The summed E-state index contributed by atoms with van der Waals surface area (Å²) in [6, 6.07) is 9.84. The Morgan fingerprint density at radius 2 is 1.87 bits per heavy atom. The van der Waals surface area contributed by atoms with Gasteiger partial charge in [-0.2, -0.15) is 9.40 Å². The molecule has 1 aliphatic rings. The average molecular weight is 434 g/mol. The molecule has 9 nitrogen and oxygen atoms in total. The second kappa shape index (κ2) is 9.86. The van der Waals surface area contributed by atoms with Crippen LogP contribution in [0.15, 0.2) is 47.5 Å². The van der Waals surface area contributed by atoms with Crippen molar-refractivity contribution in [3.05, 3.63) is 48.3 Å². The molecule has 1 aromatic heterocycles. The van der Waals surface area contributed by atoms with Gasteiger partial charge in [0.2, 0.25) is 15.9 Å². The molecule has 3 rings (SSSR count). The molecule has 0 saturated carbocycles. The third-order valence-electron chi connectivity index (χ3n) is 4.98. The second-order valence-corrected chi connectivity index (χ2v) is 8.96. The first-order valence-electron chi connectivity index (χ1n) is 10.1. The third kappa shape index (κ3) is 5.25. The number of aryl methyl sites for hydroxylation is 1. The highest BCUT2D eigenvalue weighted by Gasteiger charge is 2.26. The number of benzene rings is 1. The Morgan fingerprint density at radius 1 is 1.10 bits per heavy atom. The van der Waals surface area contributed by atoms with E-state index < -0.39 is 10.0 Å². The highest BCUT2D eigenvalue weighted by atomic mass is 32.2. The second-order valence-electron chi connectivity index (χ2n) is 7.02. The summed E-state index contributed by atoms with van der Waals surface area (Å²) in [4.78, 5) is 26.8. The lowest BCUT2D eigenvalue weighted by Crippen LogP contribution is -2.39. The van der Waals surface area contributed by atoms with Crippen molar-refractivity contribution in [3.63, 3.8) is 0 Å². The van der Waals surface area contributed by atoms with E-state index >= 15 is 0 Å². The van der Waals surface area contributed by atoms with Crippen molar-refractivity contribution in [2.45, 2.75) is 31.2 Å². The maximum absolute atomic E-state index is 13.0. The predicted molar refractivity (Wildman–Crippen MR) is 111 cm³/mol. The fraction of sp³-hybridized carbons (Fsp3) is 0.450. The Kier molecular flexibility index (Phi) is 7.22. The first-order chi connectivity index (χ1) is 14.4. The lowest BCUT2D eigenvalue weighted by molar-refractivity contribution is -0.121. The zero-order chi connectivity index (χ0) is 21.6. The highest BCUT2D eigenvalue weighted by molar-refractivity contribution is 7.89. The van der Waals surface area contributed by atoms with E-state index in [0.717, 1.165) is 0 Å². The number of rotatable bonds is 4. The van der Waals surface area contributed by atoms with Crippen molar-refractivity contribution in [2.75, 3.05) is 32.7 Å². The van der Waals surface area contributed by atoms with Gasteiger partial charge >= 0.3 is 0 Å². The minimum atomic E-state index is -3.72. The van der Waals surface area contributed by atoms with Gasteiger partial charge in [-0.05, 0) is 31.5 Å². The number of amides is 2. The maximum atomic E-state index is 13.0. The Hall–Kier alpha value is -2.72. The summed E-state index contributed by atoms with van der Waals surface area (Å²) in [5.41, 5.74) is 0.340. The molecular formula is C20H27N5O4S. The van der Waals surface area contributed by atoms with Crippen molar-refractivity contribution in [3.8, 4) is 0 Å². The van der Waals surface area contributed by atoms with Crippen LogP contribution in [0.2, 0.25) is 0 Å². The number of carbonyl (C=O) groups is 2. The Balaban J connectivity index is 1.76. The van der Waals surface area contributed by atoms with Crippen LogP contribution in [0.25, 0.3) is 0 Å². The number of aromatic nitrogens is 2. The number of carbonyl (C=O) groups excluding carboxylic acids is 2. The van der Waals surface area contributed by atoms with Crippen LogP contribution in [0, 0.1) is 0 Å². The van der Waals surface area contributed by atoms with Gasteiger partial charge in [-0.15, -0.1) is 0 Å². The number of nitrogens with one attached hydrogen (secondary N) is 1. The minimum absolute atomic E-state index is 0.0704. The molecule has 0 aliphatic carbocycles. The molecule has 0 radical (unpaired) electrons. The third-order valence-corrected chi connectivity index (χ3v) is 6.89. The first kappa shape index (κ1) is 22.0. The summed E-state index contributed by atoms with van der Waals surface area (Å²) in [5.74, 6) is -0.471. The van der Waals surface area contributed by atoms with E-state index in [1.807, 2.05) is 6.92 Å². The van der Waals surface area contributed by atoms with Crippen LogP contribution in [0.3, 0.4) is 0 Å². The van der Waals surface area contributed by atoms with Gasteiger partial charge in [-0.1, -0.05) is 18.2 Å². The number of sulfonamides is 1. The van der Waals surface area contributed by atoms with Crippen molar-refractivity contribution in [2.24, 2.45) is 0 Å². The molecule has 1 aliphatic heterocycles. The lowest BCUT2D eigenvalue weighted by Gasteiger charge is -2.24. The maximum Gasteiger partial charge on any atom is 0.274 e. The predicted octanol–water partition coefficient (Wildman–Crippen LogP) is 0.946. The van der Waals surface area contributed by atoms with Gasteiger partial charge in [0, 0.05) is 51.9 Å². The SMILES string of the molecule is CCn1ccc(C(=O)N2CCCN(S(=O)(=O)c3ccccc3)CCC(=O)NCC2)n1. The molecule has 2 aromatic rings. The summed E-state index contributed by atoms with van der Waals surface area (Å²) in [6.45, 7) is 3.94. The van der Waals surface area contributed by atoms with Crippen LogP contribution in [0.1, 0.15) is 30.3 Å². The van der Waals surface area contributed by atoms with Crippen LogP contribution in [-0.2, 0) is 21.4 Å².